The standard InChI is InChI=1S/C15H31N3/c1-15(2,14-5-8-18(3)9-6-14)12-17-11-13-4-7-16-10-13/h13-14,16-17H,4-12H2,1-3H3. The Morgan fingerprint density at radius 3 is 2.56 bits per heavy atom. The van der Waals surface area contributed by atoms with E-state index in [0.29, 0.717) is 5.41 Å². The topological polar surface area (TPSA) is 27.3 Å². The van der Waals surface area contributed by atoms with Crippen molar-refractivity contribution < 1.29 is 0 Å². The van der Waals surface area contributed by atoms with Crippen molar-refractivity contribution in [3.63, 3.8) is 0 Å². The minimum atomic E-state index is 0.452. The highest BCUT2D eigenvalue weighted by Crippen LogP contribution is 2.34. The first-order valence-corrected chi connectivity index (χ1v) is 7.68. The predicted octanol–water partition coefficient (Wildman–Crippen LogP) is 1.55. The normalized spacial score (nSPS) is 27.8. The van der Waals surface area contributed by atoms with E-state index in [0.717, 1.165) is 11.8 Å². The second kappa shape index (κ2) is 6.36. The smallest absolute Gasteiger partial charge is 0.000531 e. The van der Waals surface area contributed by atoms with Gasteiger partial charge in [-0.3, -0.25) is 0 Å². The summed E-state index contributed by atoms with van der Waals surface area (Å²) in [6.07, 6.45) is 4.09. The van der Waals surface area contributed by atoms with Crippen molar-refractivity contribution in [3.8, 4) is 0 Å². The van der Waals surface area contributed by atoms with Crippen LogP contribution in [0.25, 0.3) is 0 Å². The monoisotopic (exact) mass is 253 g/mol. The number of hydrogen-bond acceptors (Lipinski definition) is 3. The van der Waals surface area contributed by atoms with Crippen LogP contribution < -0.4 is 10.6 Å². The lowest BCUT2D eigenvalue weighted by molar-refractivity contribution is 0.112. The van der Waals surface area contributed by atoms with Crippen LogP contribution in [0.2, 0.25) is 0 Å². The minimum absolute atomic E-state index is 0.452. The summed E-state index contributed by atoms with van der Waals surface area (Å²) >= 11 is 0. The fourth-order valence-electron chi connectivity index (χ4n) is 3.42. The van der Waals surface area contributed by atoms with Gasteiger partial charge in [0.05, 0.1) is 0 Å². The SMILES string of the molecule is CN1CCC(C(C)(C)CNCC2CCNC2)CC1. The quantitative estimate of drug-likeness (QED) is 0.778. The Balaban J connectivity index is 1.69. The molecule has 2 saturated heterocycles. The van der Waals surface area contributed by atoms with Crippen molar-refractivity contribution in [1.82, 2.24) is 15.5 Å². The van der Waals surface area contributed by atoms with Gasteiger partial charge in [-0.15, -0.1) is 0 Å². The third-order valence-electron chi connectivity index (χ3n) is 5.00. The van der Waals surface area contributed by atoms with Crippen molar-refractivity contribution in [2.45, 2.75) is 33.1 Å². The van der Waals surface area contributed by atoms with Gasteiger partial charge in [0.2, 0.25) is 0 Å². The third kappa shape index (κ3) is 3.94. The highest BCUT2D eigenvalue weighted by Gasteiger charge is 2.31. The van der Waals surface area contributed by atoms with E-state index < -0.39 is 0 Å². The Kier molecular flexibility index (Phi) is 5.05. The first kappa shape index (κ1) is 14.3. The molecule has 18 heavy (non-hydrogen) atoms. The zero-order chi connectivity index (χ0) is 13.0. The average Bonchev–Trinajstić information content (AvgIpc) is 2.82. The number of hydrogen-bond donors (Lipinski definition) is 2. The molecule has 0 amide bonds. The highest BCUT2D eigenvalue weighted by molar-refractivity contribution is 4.85. The molecule has 2 fully saturated rings. The molecule has 0 spiro atoms. The van der Waals surface area contributed by atoms with Crippen LogP contribution in [0.4, 0.5) is 0 Å². The van der Waals surface area contributed by atoms with Crippen LogP contribution in [-0.2, 0) is 0 Å². The van der Waals surface area contributed by atoms with Gasteiger partial charge in [0, 0.05) is 6.54 Å². The second-order valence-corrected chi connectivity index (χ2v) is 7.06. The van der Waals surface area contributed by atoms with Crippen molar-refractivity contribution in [1.29, 1.82) is 0 Å². The van der Waals surface area contributed by atoms with Crippen LogP contribution >= 0.6 is 0 Å². The van der Waals surface area contributed by atoms with Gasteiger partial charge in [-0.25, -0.2) is 0 Å². The zero-order valence-corrected chi connectivity index (χ0v) is 12.5. The van der Waals surface area contributed by atoms with Crippen LogP contribution in [0.3, 0.4) is 0 Å². The predicted molar refractivity (Wildman–Crippen MR) is 77.8 cm³/mol. The molecule has 106 valence electrons. The lowest BCUT2D eigenvalue weighted by Crippen LogP contribution is -2.42. The number of piperidine rings is 1. The molecular weight excluding hydrogens is 222 g/mol. The van der Waals surface area contributed by atoms with E-state index in [1.807, 2.05) is 0 Å². The molecule has 1 unspecified atom stereocenters. The van der Waals surface area contributed by atoms with E-state index >= 15 is 0 Å². The van der Waals surface area contributed by atoms with Crippen molar-refractivity contribution in [3.05, 3.63) is 0 Å². The van der Waals surface area contributed by atoms with Gasteiger partial charge >= 0.3 is 0 Å². The first-order valence-electron chi connectivity index (χ1n) is 7.68. The third-order valence-corrected chi connectivity index (χ3v) is 5.00. The number of nitrogens with one attached hydrogen (secondary N) is 2. The Hall–Kier alpha value is -0.120. The molecule has 0 radical (unpaired) electrons. The number of nitrogens with zero attached hydrogens (tertiary/aromatic N) is 1. The highest BCUT2D eigenvalue weighted by atomic mass is 15.1. The van der Waals surface area contributed by atoms with Gasteiger partial charge in [-0.2, -0.15) is 0 Å². The molecule has 3 nitrogen and oxygen atoms in total. The molecule has 2 N–H and O–H groups in total. The van der Waals surface area contributed by atoms with Gasteiger partial charge in [0.15, 0.2) is 0 Å². The summed E-state index contributed by atoms with van der Waals surface area (Å²) in [6, 6.07) is 0. The molecule has 2 rings (SSSR count). The molecule has 0 saturated carbocycles. The molecule has 2 heterocycles. The molecule has 0 aliphatic carbocycles. The fraction of sp³-hybridized carbons (Fsp3) is 1.00. The zero-order valence-electron chi connectivity index (χ0n) is 12.5. The molecule has 3 heteroatoms. The lowest BCUT2D eigenvalue weighted by Gasteiger charge is -2.40. The average molecular weight is 253 g/mol. The largest absolute Gasteiger partial charge is 0.316 e. The molecule has 0 aromatic heterocycles. The van der Waals surface area contributed by atoms with Gasteiger partial charge in [-0.05, 0) is 76.3 Å². The van der Waals surface area contributed by atoms with E-state index in [9.17, 15) is 0 Å². The molecule has 2 aliphatic heterocycles. The van der Waals surface area contributed by atoms with Crippen molar-refractivity contribution in [2.24, 2.45) is 17.3 Å². The molecule has 0 bridgehead atoms. The Morgan fingerprint density at radius 1 is 1.22 bits per heavy atom. The summed E-state index contributed by atoms with van der Waals surface area (Å²) in [4.78, 5) is 2.46. The Bertz CT molecular complexity index is 238. The molecule has 1 atom stereocenters. The summed E-state index contributed by atoms with van der Waals surface area (Å²) in [7, 11) is 2.24. The molecule has 2 aliphatic rings. The summed E-state index contributed by atoms with van der Waals surface area (Å²) in [6.45, 7) is 12.3. The van der Waals surface area contributed by atoms with E-state index in [2.05, 4.69) is 36.4 Å². The first-order chi connectivity index (χ1) is 8.58. The van der Waals surface area contributed by atoms with Crippen LogP contribution in [0.15, 0.2) is 0 Å². The van der Waals surface area contributed by atoms with Crippen LogP contribution in [0.5, 0.6) is 0 Å². The summed E-state index contributed by atoms with van der Waals surface area (Å²) < 4.78 is 0. The maximum Gasteiger partial charge on any atom is 0.000531 e. The minimum Gasteiger partial charge on any atom is -0.316 e. The van der Waals surface area contributed by atoms with Crippen molar-refractivity contribution in [2.75, 3.05) is 46.3 Å². The van der Waals surface area contributed by atoms with Crippen LogP contribution in [0.1, 0.15) is 33.1 Å². The van der Waals surface area contributed by atoms with Crippen LogP contribution in [0, 0.1) is 17.3 Å². The molecule has 0 aromatic rings. The van der Waals surface area contributed by atoms with E-state index in [1.54, 1.807) is 0 Å². The van der Waals surface area contributed by atoms with E-state index in [-0.39, 0.29) is 0 Å². The number of rotatable bonds is 5. The maximum atomic E-state index is 3.72. The second-order valence-electron chi connectivity index (χ2n) is 7.06. The van der Waals surface area contributed by atoms with E-state index in [4.69, 9.17) is 0 Å². The van der Waals surface area contributed by atoms with Gasteiger partial charge in [-0.1, -0.05) is 13.8 Å². The van der Waals surface area contributed by atoms with Gasteiger partial charge in [0.1, 0.15) is 0 Å². The Morgan fingerprint density at radius 2 is 1.94 bits per heavy atom. The van der Waals surface area contributed by atoms with Crippen molar-refractivity contribution >= 4 is 0 Å². The van der Waals surface area contributed by atoms with Crippen LogP contribution in [-0.4, -0.2) is 51.2 Å². The summed E-state index contributed by atoms with van der Waals surface area (Å²) in [5.41, 5.74) is 0.452. The Labute approximate surface area is 113 Å². The summed E-state index contributed by atoms with van der Waals surface area (Å²) in [5.74, 6) is 1.75. The van der Waals surface area contributed by atoms with Gasteiger partial charge < -0.3 is 15.5 Å². The van der Waals surface area contributed by atoms with E-state index in [1.165, 1.54) is 58.5 Å². The van der Waals surface area contributed by atoms with Gasteiger partial charge in [0.25, 0.3) is 0 Å². The maximum absolute atomic E-state index is 3.72. The molecular formula is C15H31N3. The lowest BCUT2D eigenvalue weighted by atomic mass is 9.73. The molecule has 0 aromatic carbocycles. The fourth-order valence-corrected chi connectivity index (χ4v) is 3.42. The summed E-state index contributed by atoms with van der Waals surface area (Å²) in [5, 5.41) is 7.17. The number of likely N-dealkylation sites (tertiary alicyclic amines) is 1.